The third-order valence-electron chi connectivity index (χ3n) is 3.11. The van der Waals surface area contributed by atoms with Crippen LogP contribution in [0.5, 0.6) is 0 Å². The molecular weight excluding hydrogens is 366 g/mol. The monoisotopic (exact) mass is 387 g/mol. The van der Waals surface area contributed by atoms with E-state index in [4.69, 9.17) is 15.7 Å². The highest BCUT2D eigenvalue weighted by atomic mass is 32.2. The molecule has 0 heterocycles. The van der Waals surface area contributed by atoms with Gasteiger partial charge in [-0.1, -0.05) is 48.4 Å². The largest absolute Gasteiger partial charge is 0.427 e. The van der Waals surface area contributed by atoms with Crippen molar-refractivity contribution >= 4 is 16.1 Å². The van der Waals surface area contributed by atoms with Crippen LogP contribution in [0.2, 0.25) is 0 Å². The van der Waals surface area contributed by atoms with Crippen LogP contribution >= 0.6 is 0 Å². The SMILES string of the molecule is C#CCNCC(=C)OC(=O)c1ccccc1.Cc1ccc(S(=O)(=O)O)cc1. The fourth-order valence-corrected chi connectivity index (χ4v) is 2.26. The van der Waals surface area contributed by atoms with Crippen LogP contribution in [0.15, 0.2) is 71.8 Å². The number of esters is 1. The molecule has 0 fully saturated rings. The Morgan fingerprint density at radius 1 is 1.19 bits per heavy atom. The molecule has 2 aromatic rings. The maximum Gasteiger partial charge on any atom is 0.343 e. The predicted molar refractivity (Wildman–Crippen MR) is 104 cm³/mol. The lowest BCUT2D eigenvalue weighted by atomic mass is 10.2. The molecule has 0 spiro atoms. The van der Waals surface area contributed by atoms with Gasteiger partial charge in [-0.3, -0.25) is 9.87 Å². The Hall–Kier alpha value is -2.92. The Balaban J connectivity index is 0.000000289. The summed E-state index contributed by atoms with van der Waals surface area (Å²) in [5, 5.41) is 2.88. The molecule has 0 amide bonds. The van der Waals surface area contributed by atoms with Gasteiger partial charge in [-0.2, -0.15) is 8.42 Å². The summed E-state index contributed by atoms with van der Waals surface area (Å²) in [5.41, 5.74) is 1.46. The lowest BCUT2D eigenvalue weighted by Gasteiger charge is -2.07. The minimum atomic E-state index is -4.02. The van der Waals surface area contributed by atoms with Gasteiger partial charge in [0.25, 0.3) is 10.1 Å². The summed E-state index contributed by atoms with van der Waals surface area (Å²) < 4.78 is 34.6. The zero-order valence-corrected chi connectivity index (χ0v) is 15.7. The van der Waals surface area contributed by atoms with E-state index in [1.807, 2.05) is 13.0 Å². The number of aryl methyl sites for hydroxylation is 1. The van der Waals surface area contributed by atoms with Gasteiger partial charge in [0.2, 0.25) is 0 Å². The maximum absolute atomic E-state index is 11.5. The van der Waals surface area contributed by atoms with Crippen molar-refractivity contribution in [3.05, 3.63) is 78.1 Å². The zero-order chi connectivity index (χ0) is 20.3. The molecule has 0 radical (unpaired) electrons. The van der Waals surface area contributed by atoms with Crippen molar-refractivity contribution in [3.63, 3.8) is 0 Å². The fraction of sp³-hybridized carbons (Fsp3) is 0.150. The van der Waals surface area contributed by atoms with Gasteiger partial charge >= 0.3 is 5.97 Å². The van der Waals surface area contributed by atoms with Gasteiger partial charge in [0.15, 0.2) is 0 Å². The van der Waals surface area contributed by atoms with Crippen molar-refractivity contribution in [2.75, 3.05) is 13.1 Å². The smallest absolute Gasteiger partial charge is 0.343 e. The van der Waals surface area contributed by atoms with Crippen LogP contribution in [0.3, 0.4) is 0 Å². The molecule has 7 heteroatoms. The number of terminal acetylenes is 1. The molecule has 0 aliphatic rings. The first-order valence-electron chi connectivity index (χ1n) is 7.87. The van der Waals surface area contributed by atoms with Crippen LogP contribution in [0.25, 0.3) is 0 Å². The van der Waals surface area contributed by atoms with Crippen LogP contribution in [-0.4, -0.2) is 32.0 Å². The third-order valence-corrected chi connectivity index (χ3v) is 3.98. The number of benzene rings is 2. The first-order chi connectivity index (χ1) is 12.7. The van der Waals surface area contributed by atoms with Crippen LogP contribution in [0, 0.1) is 19.3 Å². The van der Waals surface area contributed by atoms with E-state index in [0.717, 1.165) is 5.56 Å². The molecule has 0 saturated heterocycles. The Morgan fingerprint density at radius 2 is 1.78 bits per heavy atom. The van der Waals surface area contributed by atoms with E-state index in [1.165, 1.54) is 12.1 Å². The Kier molecular flexibility index (Phi) is 8.96. The number of ether oxygens (including phenoxy) is 1. The second-order valence-electron chi connectivity index (χ2n) is 5.39. The van der Waals surface area contributed by atoms with Crippen molar-refractivity contribution in [2.45, 2.75) is 11.8 Å². The normalized spacial score (nSPS) is 10.1. The van der Waals surface area contributed by atoms with Gasteiger partial charge in [0, 0.05) is 0 Å². The Labute approximate surface area is 159 Å². The standard InChI is InChI=1S/C13H13NO2.C7H8O3S/c1-3-9-14-10-11(2)16-13(15)12-7-5-4-6-8-12;1-6-2-4-7(5-3-6)11(8,9)10/h1,4-8,14H,2,9-10H2;2-5H,1H3,(H,8,9,10). The van der Waals surface area contributed by atoms with E-state index in [9.17, 15) is 13.2 Å². The molecule has 0 atom stereocenters. The average Bonchev–Trinajstić information content (AvgIpc) is 2.63. The molecular formula is C20H21NO5S. The number of carbonyl (C=O) groups is 1. The molecule has 2 aromatic carbocycles. The van der Waals surface area contributed by atoms with E-state index < -0.39 is 16.1 Å². The number of hydrogen-bond acceptors (Lipinski definition) is 5. The van der Waals surface area contributed by atoms with Crippen LogP contribution in [-0.2, 0) is 14.9 Å². The highest BCUT2D eigenvalue weighted by Gasteiger charge is 2.08. The molecule has 0 aliphatic carbocycles. The van der Waals surface area contributed by atoms with Crippen LogP contribution in [0.4, 0.5) is 0 Å². The summed E-state index contributed by atoms with van der Waals surface area (Å²) in [7, 11) is -4.02. The molecule has 0 saturated carbocycles. The number of hydrogen-bond donors (Lipinski definition) is 2. The highest BCUT2D eigenvalue weighted by Crippen LogP contribution is 2.08. The van der Waals surface area contributed by atoms with Crippen molar-refractivity contribution < 1.29 is 22.5 Å². The topological polar surface area (TPSA) is 92.7 Å². The fourth-order valence-electron chi connectivity index (χ4n) is 1.78. The average molecular weight is 387 g/mol. The summed E-state index contributed by atoms with van der Waals surface area (Å²) in [6.07, 6.45) is 5.06. The van der Waals surface area contributed by atoms with Gasteiger partial charge in [-0.15, -0.1) is 6.42 Å². The zero-order valence-electron chi connectivity index (χ0n) is 14.9. The minimum Gasteiger partial charge on any atom is -0.427 e. The summed E-state index contributed by atoms with van der Waals surface area (Å²) in [4.78, 5) is 11.5. The lowest BCUT2D eigenvalue weighted by Crippen LogP contribution is -2.19. The first-order valence-corrected chi connectivity index (χ1v) is 9.31. The quantitative estimate of drug-likeness (QED) is 0.260. The highest BCUT2D eigenvalue weighted by molar-refractivity contribution is 7.85. The molecule has 0 aliphatic heterocycles. The van der Waals surface area contributed by atoms with Gasteiger partial charge in [-0.25, -0.2) is 4.79 Å². The second kappa shape index (κ2) is 10.9. The van der Waals surface area contributed by atoms with Crippen LogP contribution < -0.4 is 5.32 Å². The summed E-state index contributed by atoms with van der Waals surface area (Å²) in [5.74, 6) is 2.36. The van der Waals surface area contributed by atoms with Gasteiger partial charge in [-0.05, 0) is 31.2 Å². The summed E-state index contributed by atoms with van der Waals surface area (Å²) >= 11 is 0. The first kappa shape index (κ1) is 22.1. The molecule has 142 valence electrons. The molecule has 0 bridgehead atoms. The number of carbonyl (C=O) groups excluding carboxylic acids is 1. The summed E-state index contributed by atoms with van der Waals surface area (Å²) in [6.45, 7) is 6.24. The molecule has 2 rings (SSSR count). The Bertz CT molecular complexity index is 898. The molecule has 0 aromatic heterocycles. The van der Waals surface area contributed by atoms with Gasteiger partial charge < -0.3 is 4.74 Å². The maximum atomic E-state index is 11.5. The van der Waals surface area contributed by atoms with E-state index in [1.54, 1.807) is 36.4 Å². The molecule has 0 unspecified atom stereocenters. The number of nitrogens with one attached hydrogen (secondary N) is 1. The number of rotatable bonds is 6. The Morgan fingerprint density at radius 3 is 2.30 bits per heavy atom. The van der Waals surface area contributed by atoms with Crippen molar-refractivity contribution in [3.8, 4) is 12.3 Å². The second-order valence-corrected chi connectivity index (χ2v) is 6.81. The van der Waals surface area contributed by atoms with E-state index in [2.05, 4.69) is 17.8 Å². The minimum absolute atomic E-state index is 0.0666. The van der Waals surface area contributed by atoms with E-state index in [0.29, 0.717) is 24.4 Å². The van der Waals surface area contributed by atoms with Crippen molar-refractivity contribution in [1.29, 1.82) is 0 Å². The molecule has 6 nitrogen and oxygen atoms in total. The van der Waals surface area contributed by atoms with Gasteiger partial charge in [0.05, 0.1) is 23.5 Å². The van der Waals surface area contributed by atoms with Gasteiger partial charge in [0.1, 0.15) is 5.76 Å². The molecule has 27 heavy (non-hydrogen) atoms. The summed E-state index contributed by atoms with van der Waals surface area (Å²) in [6, 6.07) is 14.7. The third kappa shape index (κ3) is 8.83. The van der Waals surface area contributed by atoms with Crippen LogP contribution in [0.1, 0.15) is 15.9 Å². The van der Waals surface area contributed by atoms with E-state index >= 15 is 0 Å². The van der Waals surface area contributed by atoms with E-state index in [-0.39, 0.29) is 4.90 Å². The van der Waals surface area contributed by atoms with Crippen molar-refractivity contribution in [1.82, 2.24) is 5.32 Å². The predicted octanol–water partition coefficient (Wildman–Crippen LogP) is 2.82. The lowest BCUT2D eigenvalue weighted by molar-refractivity contribution is 0.0620. The molecule has 2 N–H and O–H groups in total. The van der Waals surface area contributed by atoms with Crippen molar-refractivity contribution in [2.24, 2.45) is 0 Å².